The van der Waals surface area contributed by atoms with Gasteiger partial charge in [0.15, 0.2) is 0 Å². The van der Waals surface area contributed by atoms with Crippen molar-refractivity contribution in [2.24, 2.45) is 0 Å². The highest BCUT2D eigenvalue weighted by atomic mass is 16.5. The molecule has 3 rings (SSSR count). The predicted molar refractivity (Wildman–Crippen MR) is 126 cm³/mol. The monoisotopic (exact) mass is 447 g/mol. The first-order valence-corrected chi connectivity index (χ1v) is 10.9. The standard InChI is InChI=1S/C26H29N3O4/c1-29(18-15-20-5-3-2-4-6-20)25(31)24(12-9-21-7-10-23(30)11-8-21)28-26(32)33-19-22-13-16-27-17-14-22/h2-8,10-11,13-14,16-17,24,30H,9,12,15,18-19H2,1H3,(H,28,32)/t24-/m0/s1. The summed E-state index contributed by atoms with van der Waals surface area (Å²) < 4.78 is 5.30. The Morgan fingerprint density at radius 3 is 2.30 bits per heavy atom. The summed E-state index contributed by atoms with van der Waals surface area (Å²) in [5.41, 5.74) is 2.92. The zero-order valence-corrected chi connectivity index (χ0v) is 18.7. The van der Waals surface area contributed by atoms with Gasteiger partial charge < -0.3 is 20.1 Å². The Labute approximate surface area is 194 Å². The summed E-state index contributed by atoms with van der Waals surface area (Å²) >= 11 is 0. The molecule has 2 aromatic carbocycles. The van der Waals surface area contributed by atoms with Crippen molar-refractivity contribution in [1.29, 1.82) is 0 Å². The highest BCUT2D eigenvalue weighted by Crippen LogP contribution is 2.13. The van der Waals surface area contributed by atoms with Crippen molar-refractivity contribution >= 4 is 12.0 Å². The Balaban J connectivity index is 1.60. The number of aryl methyl sites for hydroxylation is 1. The fourth-order valence-corrected chi connectivity index (χ4v) is 3.36. The topological polar surface area (TPSA) is 91.8 Å². The van der Waals surface area contributed by atoms with Crippen molar-refractivity contribution in [3.63, 3.8) is 0 Å². The number of nitrogens with zero attached hydrogens (tertiary/aromatic N) is 2. The molecule has 33 heavy (non-hydrogen) atoms. The molecule has 3 aromatic rings. The van der Waals surface area contributed by atoms with Crippen molar-refractivity contribution in [3.8, 4) is 5.75 Å². The van der Waals surface area contributed by atoms with Gasteiger partial charge in [-0.3, -0.25) is 9.78 Å². The van der Waals surface area contributed by atoms with Crippen LogP contribution < -0.4 is 5.32 Å². The maximum atomic E-state index is 13.2. The number of nitrogens with one attached hydrogen (secondary N) is 1. The smallest absolute Gasteiger partial charge is 0.408 e. The van der Waals surface area contributed by atoms with Gasteiger partial charge in [0.05, 0.1) is 0 Å². The first-order valence-electron chi connectivity index (χ1n) is 10.9. The lowest BCUT2D eigenvalue weighted by molar-refractivity contribution is -0.132. The number of amides is 2. The van der Waals surface area contributed by atoms with Crippen LogP contribution in [-0.4, -0.2) is 46.6 Å². The summed E-state index contributed by atoms with van der Waals surface area (Å²) in [4.78, 5) is 31.2. The first kappa shape index (κ1) is 23.8. The molecular formula is C26H29N3O4. The maximum Gasteiger partial charge on any atom is 0.408 e. The SMILES string of the molecule is CN(CCc1ccccc1)C(=O)[C@H](CCc1ccc(O)cc1)NC(=O)OCc1ccncc1. The molecule has 0 spiro atoms. The first-order chi connectivity index (χ1) is 16.0. The molecule has 0 fully saturated rings. The van der Waals surface area contributed by atoms with E-state index in [4.69, 9.17) is 4.74 Å². The van der Waals surface area contributed by atoms with Crippen LogP contribution in [-0.2, 0) is 29.0 Å². The van der Waals surface area contributed by atoms with E-state index in [1.54, 1.807) is 60.7 Å². The number of aromatic hydroxyl groups is 1. The molecule has 0 unspecified atom stereocenters. The molecule has 7 heteroatoms. The van der Waals surface area contributed by atoms with Gasteiger partial charge in [-0.25, -0.2) is 4.79 Å². The van der Waals surface area contributed by atoms with E-state index in [0.29, 0.717) is 19.4 Å². The zero-order valence-electron chi connectivity index (χ0n) is 18.7. The molecule has 2 amide bonds. The number of rotatable bonds is 10. The average molecular weight is 448 g/mol. The Bertz CT molecular complexity index is 1010. The molecular weight excluding hydrogens is 418 g/mol. The van der Waals surface area contributed by atoms with Gasteiger partial charge in [0.1, 0.15) is 18.4 Å². The van der Waals surface area contributed by atoms with E-state index in [-0.39, 0.29) is 18.3 Å². The lowest BCUT2D eigenvalue weighted by Gasteiger charge is -2.24. The number of benzene rings is 2. The third-order valence-electron chi connectivity index (χ3n) is 5.32. The van der Waals surface area contributed by atoms with Gasteiger partial charge in [0, 0.05) is 26.0 Å². The third-order valence-corrected chi connectivity index (χ3v) is 5.32. The number of phenols is 1. The molecule has 172 valence electrons. The summed E-state index contributed by atoms with van der Waals surface area (Å²) in [7, 11) is 1.74. The van der Waals surface area contributed by atoms with E-state index in [1.165, 1.54) is 0 Å². The average Bonchev–Trinajstić information content (AvgIpc) is 2.85. The third kappa shape index (κ3) is 7.96. The minimum atomic E-state index is -0.732. The fourth-order valence-electron chi connectivity index (χ4n) is 3.36. The fraction of sp³-hybridized carbons (Fsp3) is 0.269. The lowest BCUT2D eigenvalue weighted by atomic mass is 10.0. The van der Waals surface area contributed by atoms with Crippen molar-refractivity contribution in [1.82, 2.24) is 15.2 Å². The molecule has 1 atom stereocenters. The maximum absolute atomic E-state index is 13.2. The Kier molecular flexibility index (Phi) is 8.82. The number of likely N-dealkylation sites (N-methyl/N-ethyl adjacent to an activating group) is 1. The van der Waals surface area contributed by atoms with Crippen LogP contribution in [0.1, 0.15) is 23.1 Å². The summed E-state index contributed by atoms with van der Waals surface area (Å²) in [6, 6.07) is 19.6. The van der Waals surface area contributed by atoms with E-state index in [2.05, 4.69) is 10.3 Å². The molecule has 0 bridgehead atoms. The van der Waals surface area contributed by atoms with Crippen LogP contribution in [0.15, 0.2) is 79.1 Å². The van der Waals surface area contributed by atoms with E-state index in [1.807, 2.05) is 30.3 Å². The van der Waals surface area contributed by atoms with Gasteiger partial charge in [0.25, 0.3) is 0 Å². The Hall–Kier alpha value is -3.87. The van der Waals surface area contributed by atoms with Crippen LogP contribution in [0.5, 0.6) is 5.75 Å². The number of hydrogen-bond acceptors (Lipinski definition) is 5. The number of phenolic OH excluding ortho intramolecular Hbond substituents is 1. The van der Waals surface area contributed by atoms with E-state index in [0.717, 1.165) is 23.1 Å². The van der Waals surface area contributed by atoms with Crippen LogP contribution in [0.3, 0.4) is 0 Å². The second-order valence-electron chi connectivity index (χ2n) is 7.83. The van der Waals surface area contributed by atoms with Crippen molar-refractivity contribution < 1.29 is 19.4 Å². The summed E-state index contributed by atoms with van der Waals surface area (Å²) in [5.74, 6) is 0.00964. The van der Waals surface area contributed by atoms with Crippen molar-refractivity contribution in [3.05, 3.63) is 95.8 Å². The number of carbonyl (C=O) groups excluding carboxylic acids is 2. The highest BCUT2D eigenvalue weighted by Gasteiger charge is 2.24. The van der Waals surface area contributed by atoms with E-state index >= 15 is 0 Å². The molecule has 0 aliphatic heterocycles. The minimum absolute atomic E-state index is 0.0943. The predicted octanol–water partition coefficient (Wildman–Crippen LogP) is 3.72. The molecule has 1 heterocycles. The van der Waals surface area contributed by atoms with Crippen LogP contribution >= 0.6 is 0 Å². The normalized spacial score (nSPS) is 11.4. The van der Waals surface area contributed by atoms with Gasteiger partial charge in [-0.1, -0.05) is 42.5 Å². The summed E-state index contributed by atoms with van der Waals surface area (Å²) in [6.45, 7) is 0.628. The number of aromatic nitrogens is 1. The molecule has 7 nitrogen and oxygen atoms in total. The number of alkyl carbamates (subject to hydrolysis) is 1. The van der Waals surface area contributed by atoms with Gasteiger partial charge in [0.2, 0.25) is 5.91 Å². The molecule has 0 radical (unpaired) electrons. The van der Waals surface area contributed by atoms with Crippen LogP contribution in [0.4, 0.5) is 4.79 Å². The molecule has 0 saturated carbocycles. The molecule has 2 N–H and O–H groups in total. The number of carbonyl (C=O) groups is 2. The van der Waals surface area contributed by atoms with E-state index < -0.39 is 12.1 Å². The highest BCUT2D eigenvalue weighted by molar-refractivity contribution is 5.85. The minimum Gasteiger partial charge on any atom is -0.508 e. The number of ether oxygens (including phenoxy) is 1. The van der Waals surface area contributed by atoms with Gasteiger partial charge >= 0.3 is 6.09 Å². The van der Waals surface area contributed by atoms with Crippen molar-refractivity contribution in [2.75, 3.05) is 13.6 Å². The van der Waals surface area contributed by atoms with Crippen LogP contribution in [0, 0.1) is 0 Å². The number of pyridine rings is 1. The molecule has 1 aromatic heterocycles. The Morgan fingerprint density at radius 1 is 0.939 bits per heavy atom. The molecule has 0 aliphatic rings. The molecule has 0 aliphatic carbocycles. The van der Waals surface area contributed by atoms with Crippen LogP contribution in [0.25, 0.3) is 0 Å². The van der Waals surface area contributed by atoms with Gasteiger partial charge in [-0.2, -0.15) is 0 Å². The second-order valence-corrected chi connectivity index (χ2v) is 7.83. The second kappa shape index (κ2) is 12.2. The summed E-state index contributed by atoms with van der Waals surface area (Å²) in [6.07, 6.45) is 4.30. The zero-order chi connectivity index (χ0) is 23.5. The number of hydrogen-bond donors (Lipinski definition) is 2. The lowest BCUT2D eigenvalue weighted by Crippen LogP contribution is -2.48. The van der Waals surface area contributed by atoms with E-state index in [9.17, 15) is 14.7 Å². The summed E-state index contributed by atoms with van der Waals surface area (Å²) in [5, 5.41) is 12.2. The van der Waals surface area contributed by atoms with Crippen LogP contribution in [0.2, 0.25) is 0 Å². The quantitative estimate of drug-likeness (QED) is 0.494. The molecule has 0 saturated heterocycles. The largest absolute Gasteiger partial charge is 0.508 e. The van der Waals surface area contributed by atoms with Crippen molar-refractivity contribution in [2.45, 2.75) is 31.9 Å². The van der Waals surface area contributed by atoms with Gasteiger partial charge in [-0.15, -0.1) is 0 Å². The Morgan fingerprint density at radius 2 is 1.61 bits per heavy atom. The van der Waals surface area contributed by atoms with Gasteiger partial charge in [-0.05, 0) is 60.2 Å².